The molecule has 0 amide bonds. The molecular formula is C14H21NO3. The maximum absolute atomic E-state index is 9.26. The van der Waals surface area contributed by atoms with Gasteiger partial charge in [-0.05, 0) is 23.6 Å². The highest BCUT2D eigenvalue weighted by atomic mass is 16.6. The van der Waals surface area contributed by atoms with Crippen LogP contribution in [0.4, 0.5) is 0 Å². The fourth-order valence-electron chi connectivity index (χ4n) is 1.96. The van der Waals surface area contributed by atoms with Gasteiger partial charge in [-0.3, -0.25) is 0 Å². The SMILES string of the molecule is CC(C)[C@@H](CO)NCc1ccc2c(c1)OCCO2. The molecule has 1 heterocycles. The summed E-state index contributed by atoms with van der Waals surface area (Å²) in [6, 6.07) is 6.08. The van der Waals surface area contributed by atoms with E-state index in [1.165, 1.54) is 0 Å². The number of rotatable bonds is 5. The number of aliphatic hydroxyl groups is 1. The van der Waals surface area contributed by atoms with Crippen molar-refractivity contribution in [2.24, 2.45) is 5.92 Å². The van der Waals surface area contributed by atoms with Crippen molar-refractivity contribution in [3.8, 4) is 11.5 Å². The van der Waals surface area contributed by atoms with Gasteiger partial charge in [0.15, 0.2) is 11.5 Å². The molecule has 1 aromatic carbocycles. The third-order valence-corrected chi connectivity index (χ3v) is 3.18. The summed E-state index contributed by atoms with van der Waals surface area (Å²) in [6.45, 7) is 6.29. The Morgan fingerprint density at radius 3 is 2.61 bits per heavy atom. The Morgan fingerprint density at radius 2 is 1.94 bits per heavy atom. The Bertz CT molecular complexity index is 393. The molecule has 100 valence electrons. The molecular weight excluding hydrogens is 230 g/mol. The summed E-state index contributed by atoms with van der Waals surface area (Å²) in [6.07, 6.45) is 0. The van der Waals surface area contributed by atoms with E-state index in [1.807, 2.05) is 18.2 Å². The molecule has 0 aromatic heterocycles. The van der Waals surface area contributed by atoms with Crippen molar-refractivity contribution in [1.29, 1.82) is 0 Å². The van der Waals surface area contributed by atoms with Gasteiger partial charge in [-0.1, -0.05) is 19.9 Å². The molecule has 0 fully saturated rings. The van der Waals surface area contributed by atoms with Gasteiger partial charge in [-0.2, -0.15) is 0 Å². The summed E-state index contributed by atoms with van der Waals surface area (Å²) in [5.74, 6) is 2.03. The lowest BCUT2D eigenvalue weighted by Gasteiger charge is -2.21. The Morgan fingerprint density at radius 1 is 1.22 bits per heavy atom. The Labute approximate surface area is 108 Å². The van der Waals surface area contributed by atoms with E-state index in [9.17, 15) is 5.11 Å². The fourth-order valence-corrected chi connectivity index (χ4v) is 1.96. The molecule has 4 heteroatoms. The van der Waals surface area contributed by atoms with Crippen molar-refractivity contribution in [1.82, 2.24) is 5.32 Å². The van der Waals surface area contributed by atoms with E-state index in [-0.39, 0.29) is 12.6 Å². The molecule has 1 aromatic rings. The maximum Gasteiger partial charge on any atom is 0.161 e. The number of nitrogens with one attached hydrogen (secondary N) is 1. The van der Waals surface area contributed by atoms with Crippen LogP contribution in [0.25, 0.3) is 0 Å². The summed E-state index contributed by atoms with van der Waals surface area (Å²) >= 11 is 0. The largest absolute Gasteiger partial charge is 0.486 e. The van der Waals surface area contributed by atoms with E-state index in [1.54, 1.807) is 0 Å². The minimum atomic E-state index is 0.123. The average molecular weight is 251 g/mol. The zero-order valence-corrected chi connectivity index (χ0v) is 11.0. The fraction of sp³-hybridized carbons (Fsp3) is 0.571. The van der Waals surface area contributed by atoms with Crippen LogP contribution in [-0.2, 0) is 6.54 Å². The molecule has 1 aliphatic heterocycles. The monoisotopic (exact) mass is 251 g/mol. The van der Waals surface area contributed by atoms with Gasteiger partial charge < -0.3 is 19.9 Å². The lowest BCUT2D eigenvalue weighted by Crippen LogP contribution is -2.36. The van der Waals surface area contributed by atoms with Gasteiger partial charge in [-0.15, -0.1) is 0 Å². The number of benzene rings is 1. The minimum absolute atomic E-state index is 0.123. The molecule has 0 unspecified atom stereocenters. The number of hydrogen-bond donors (Lipinski definition) is 2. The van der Waals surface area contributed by atoms with Gasteiger partial charge in [-0.25, -0.2) is 0 Å². The van der Waals surface area contributed by atoms with E-state index in [4.69, 9.17) is 9.47 Å². The second kappa shape index (κ2) is 6.07. The maximum atomic E-state index is 9.26. The van der Waals surface area contributed by atoms with Crippen molar-refractivity contribution < 1.29 is 14.6 Å². The highest BCUT2D eigenvalue weighted by Crippen LogP contribution is 2.30. The molecule has 0 spiro atoms. The van der Waals surface area contributed by atoms with Crippen LogP contribution in [0, 0.1) is 5.92 Å². The Hall–Kier alpha value is -1.26. The van der Waals surface area contributed by atoms with E-state index in [2.05, 4.69) is 19.2 Å². The van der Waals surface area contributed by atoms with Gasteiger partial charge in [0.1, 0.15) is 13.2 Å². The van der Waals surface area contributed by atoms with Crippen molar-refractivity contribution in [3.05, 3.63) is 23.8 Å². The van der Waals surface area contributed by atoms with Gasteiger partial charge in [0.05, 0.1) is 6.61 Å². The van der Waals surface area contributed by atoms with Crippen LogP contribution >= 0.6 is 0 Å². The summed E-state index contributed by atoms with van der Waals surface area (Å²) in [4.78, 5) is 0. The summed E-state index contributed by atoms with van der Waals surface area (Å²) in [7, 11) is 0. The number of ether oxygens (including phenoxy) is 2. The van der Waals surface area contributed by atoms with Crippen molar-refractivity contribution in [2.45, 2.75) is 26.4 Å². The third-order valence-electron chi connectivity index (χ3n) is 3.18. The van der Waals surface area contributed by atoms with E-state index in [0.717, 1.165) is 23.6 Å². The lowest BCUT2D eigenvalue weighted by atomic mass is 10.0. The highest BCUT2D eigenvalue weighted by molar-refractivity contribution is 5.43. The number of fused-ring (bicyclic) bond motifs is 1. The quantitative estimate of drug-likeness (QED) is 0.834. The van der Waals surface area contributed by atoms with Gasteiger partial charge in [0.2, 0.25) is 0 Å². The lowest BCUT2D eigenvalue weighted by molar-refractivity contribution is 0.171. The van der Waals surface area contributed by atoms with Crippen molar-refractivity contribution in [2.75, 3.05) is 19.8 Å². The first-order valence-electron chi connectivity index (χ1n) is 6.43. The molecule has 0 saturated heterocycles. The van der Waals surface area contributed by atoms with Crippen LogP contribution in [0.2, 0.25) is 0 Å². The molecule has 0 aliphatic carbocycles. The first kappa shape index (κ1) is 13.2. The first-order valence-corrected chi connectivity index (χ1v) is 6.43. The van der Waals surface area contributed by atoms with Crippen molar-refractivity contribution >= 4 is 0 Å². The predicted octanol–water partition coefficient (Wildman–Crippen LogP) is 1.56. The number of aliphatic hydroxyl groups excluding tert-OH is 1. The minimum Gasteiger partial charge on any atom is -0.486 e. The van der Waals surface area contributed by atoms with Crippen LogP contribution in [-0.4, -0.2) is 31.0 Å². The zero-order valence-electron chi connectivity index (χ0n) is 11.0. The standard InChI is InChI=1S/C14H21NO3/c1-10(2)12(9-16)15-8-11-3-4-13-14(7-11)18-6-5-17-13/h3-4,7,10,12,15-16H,5-6,8-9H2,1-2H3/t12-/m1/s1. The second-order valence-electron chi connectivity index (χ2n) is 4.89. The molecule has 2 rings (SSSR count). The normalized spacial score (nSPS) is 15.8. The Kier molecular flexibility index (Phi) is 4.44. The topological polar surface area (TPSA) is 50.7 Å². The number of hydrogen-bond acceptors (Lipinski definition) is 4. The van der Waals surface area contributed by atoms with Crippen LogP contribution in [0.3, 0.4) is 0 Å². The van der Waals surface area contributed by atoms with Crippen LogP contribution in [0.5, 0.6) is 11.5 Å². The van der Waals surface area contributed by atoms with Crippen LogP contribution in [0.15, 0.2) is 18.2 Å². The van der Waals surface area contributed by atoms with Gasteiger partial charge in [0.25, 0.3) is 0 Å². The third kappa shape index (κ3) is 3.15. The molecule has 2 N–H and O–H groups in total. The summed E-state index contributed by atoms with van der Waals surface area (Å²) < 4.78 is 11.0. The molecule has 0 radical (unpaired) electrons. The molecule has 4 nitrogen and oxygen atoms in total. The second-order valence-corrected chi connectivity index (χ2v) is 4.89. The molecule has 0 bridgehead atoms. The van der Waals surface area contributed by atoms with Crippen LogP contribution in [0.1, 0.15) is 19.4 Å². The predicted molar refractivity (Wildman–Crippen MR) is 70.0 cm³/mol. The van der Waals surface area contributed by atoms with Crippen LogP contribution < -0.4 is 14.8 Å². The van der Waals surface area contributed by atoms with Gasteiger partial charge in [0, 0.05) is 12.6 Å². The van der Waals surface area contributed by atoms with E-state index < -0.39 is 0 Å². The highest BCUT2D eigenvalue weighted by Gasteiger charge is 2.14. The van der Waals surface area contributed by atoms with E-state index >= 15 is 0 Å². The Balaban J connectivity index is 1.97. The van der Waals surface area contributed by atoms with Crippen molar-refractivity contribution in [3.63, 3.8) is 0 Å². The molecule has 1 aliphatic rings. The summed E-state index contributed by atoms with van der Waals surface area (Å²) in [5, 5.41) is 12.6. The average Bonchev–Trinajstić information content (AvgIpc) is 2.39. The first-order chi connectivity index (χ1) is 8.70. The van der Waals surface area contributed by atoms with E-state index in [0.29, 0.717) is 19.1 Å². The molecule has 1 atom stereocenters. The smallest absolute Gasteiger partial charge is 0.161 e. The zero-order chi connectivity index (χ0) is 13.0. The summed E-state index contributed by atoms with van der Waals surface area (Å²) in [5.41, 5.74) is 1.14. The van der Waals surface area contributed by atoms with Gasteiger partial charge >= 0.3 is 0 Å². The molecule has 18 heavy (non-hydrogen) atoms. The molecule has 0 saturated carbocycles.